The number of hydrogen-bond acceptors (Lipinski definition) is 1. The molecule has 1 aromatic heterocycles. The zero-order chi connectivity index (χ0) is 11.0. The van der Waals surface area contributed by atoms with Crippen LogP contribution in [0.2, 0.25) is 0 Å². The number of rotatable bonds is 2. The van der Waals surface area contributed by atoms with Crippen LogP contribution in [0.1, 0.15) is 11.6 Å². The highest BCUT2D eigenvalue weighted by Crippen LogP contribution is 2.28. The smallest absolute Gasteiger partial charge is 0.257 e. The summed E-state index contributed by atoms with van der Waals surface area (Å²) < 4.78 is 25.8. The summed E-state index contributed by atoms with van der Waals surface area (Å²) in [6.45, 7) is 0. The zero-order valence-electron chi connectivity index (χ0n) is 7.68. The first-order valence-electron chi connectivity index (χ1n) is 4.40. The number of hydrogen-bond donors (Lipinski definition) is 2. The number of aromatic amines is 1. The van der Waals surface area contributed by atoms with Gasteiger partial charge >= 0.3 is 0 Å². The molecule has 2 nitrogen and oxygen atoms in total. The third-order valence-corrected chi connectivity index (χ3v) is 2.80. The van der Waals surface area contributed by atoms with E-state index < -0.39 is 12.5 Å². The van der Waals surface area contributed by atoms with E-state index in [2.05, 4.69) is 20.9 Å². The van der Waals surface area contributed by atoms with Gasteiger partial charge in [-0.1, -0.05) is 15.9 Å². The molecule has 5 heteroatoms. The summed E-state index contributed by atoms with van der Waals surface area (Å²) in [5, 5.41) is 0.733. The fourth-order valence-electron chi connectivity index (χ4n) is 1.53. The number of H-pyrrole nitrogens is 1. The van der Waals surface area contributed by atoms with Crippen molar-refractivity contribution < 1.29 is 8.78 Å². The number of alkyl halides is 2. The number of aromatic nitrogens is 1. The maximum atomic E-state index is 12.5. The fraction of sp³-hybridized carbons (Fsp3) is 0.200. The van der Waals surface area contributed by atoms with E-state index in [0.29, 0.717) is 5.56 Å². The third-order valence-electron chi connectivity index (χ3n) is 2.31. The highest BCUT2D eigenvalue weighted by atomic mass is 79.9. The molecule has 1 heterocycles. The van der Waals surface area contributed by atoms with Crippen LogP contribution >= 0.6 is 15.9 Å². The molecule has 2 rings (SSSR count). The van der Waals surface area contributed by atoms with Crippen LogP contribution in [0.3, 0.4) is 0 Å². The van der Waals surface area contributed by atoms with E-state index in [-0.39, 0.29) is 0 Å². The molecule has 0 spiro atoms. The van der Waals surface area contributed by atoms with E-state index in [0.717, 1.165) is 15.4 Å². The summed E-state index contributed by atoms with van der Waals surface area (Å²) in [5.41, 5.74) is 6.67. The molecule has 1 atom stereocenters. The van der Waals surface area contributed by atoms with Crippen molar-refractivity contribution in [2.45, 2.75) is 12.5 Å². The average molecular weight is 275 g/mol. The average Bonchev–Trinajstić information content (AvgIpc) is 2.59. The summed E-state index contributed by atoms with van der Waals surface area (Å²) in [4.78, 5) is 2.92. The van der Waals surface area contributed by atoms with E-state index in [1.165, 1.54) is 6.20 Å². The SMILES string of the molecule is N[C@H](c1c[nH]c2ccc(Br)cc12)C(F)F. The van der Waals surface area contributed by atoms with E-state index >= 15 is 0 Å². The van der Waals surface area contributed by atoms with E-state index in [9.17, 15) is 8.78 Å². The monoisotopic (exact) mass is 274 g/mol. The quantitative estimate of drug-likeness (QED) is 0.868. The summed E-state index contributed by atoms with van der Waals surface area (Å²) in [7, 11) is 0. The molecule has 2 aromatic rings. The van der Waals surface area contributed by atoms with Gasteiger partial charge in [-0.2, -0.15) is 0 Å². The Labute approximate surface area is 93.6 Å². The second-order valence-corrected chi connectivity index (χ2v) is 4.21. The maximum Gasteiger partial charge on any atom is 0.257 e. The molecule has 0 aliphatic rings. The van der Waals surface area contributed by atoms with Gasteiger partial charge in [-0.25, -0.2) is 8.78 Å². The third kappa shape index (κ3) is 1.89. The number of nitrogens with two attached hydrogens (primary N) is 1. The first kappa shape index (κ1) is 10.6. The van der Waals surface area contributed by atoms with E-state index in [1.54, 1.807) is 6.07 Å². The molecule has 80 valence electrons. The van der Waals surface area contributed by atoms with Crippen molar-refractivity contribution in [2.75, 3.05) is 0 Å². The Kier molecular flexibility index (Phi) is 2.75. The van der Waals surface area contributed by atoms with Gasteiger partial charge in [0.15, 0.2) is 0 Å². The van der Waals surface area contributed by atoms with Crippen LogP contribution in [0.15, 0.2) is 28.9 Å². The van der Waals surface area contributed by atoms with Crippen LogP contribution in [0.5, 0.6) is 0 Å². The van der Waals surface area contributed by atoms with Crippen LogP contribution in [-0.4, -0.2) is 11.4 Å². The predicted molar refractivity (Wildman–Crippen MR) is 58.9 cm³/mol. The molecular formula is C10H9BrF2N2. The standard InChI is InChI=1S/C10H9BrF2N2/c11-5-1-2-8-6(3-5)7(4-15-8)9(14)10(12)13/h1-4,9-10,15H,14H2/t9-/m1/s1. The van der Waals surface area contributed by atoms with Gasteiger partial charge in [-0.05, 0) is 23.8 Å². The van der Waals surface area contributed by atoms with Crippen molar-refractivity contribution in [1.29, 1.82) is 0 Å². The molecule has 1 aromatic carbocycles. The molecule has 0 fully saturated rings. The number of nitrogens with one attached hydrogen (secondary N) is 1. The Bertz CT molecular complexity index is 481. The van der Waals surface area contributed by atoms with Crippen LogP contribution in [0, 0.1) is 0 Å². The van der Waals surface area contributed by atoms with Crippen molar-refractivity contribution in [3.8, 4) is 0 Å². The molecule has 0 bridgehead atoms. The summed E-state index contributed by atoms with van der Waals surface area (Å²) in [5.74, 6) is 0. The zero-order valence-corrected chi connectivity index (χ0v) is 9.26. The van der Waals surface area contributed by atoms with Gasteiger partial charge in [0.2, 0.25) is 0 Å². The largest absolute Gasteiger partial charge is 0.361 e. The van der Waals surface area contributed by atoms with Crippen LogP contribution in [0.4, 0.5) is 8.78 Å². The topological polar surface area (TPSA) is 41.8 Å². The Balaban J connectivity index is 2.56. The van der Waals surface area contributed by atoms with Crippen molar-refractivity contribution in [3.63, 3.8) is 0 Å². The Morgan fingerprint density at radius 3 is 2.73 bits per heavy atom. The summed E-state index contributed by atoms with van der Waals surface area (Å²) in [6, 6.07) is 4.20. The summed E-state index contributed by atoms with van der Waals surface area (Å²) in [6.07, 6.45) is -1.02. The van der Waals surface area contributed by atoms with Crippen molar-refractivity contribution >= 4 is 26.8 Å². The Hall–Kier alpha value is -0.940. The lowest BCUT2D eigenvalue weighted by atomic mass is 10.1. The van der Waals surface area contributed by atoms with Crippen LogP contribution < -0.4 is 5.73 Å². The lowest BCUT2D eigenvalue weighted by molar-refractivity contribution is 0.117. The Morgan fingerprint density at radius 1 is 1.33 bits per heavy atom. The minimum absolute atomic E-state index is 0.446. The predicted octanol–water partition coefficient (Wildman–Crippen LogP) is 3.20. The molecule has 0 radical (unpaired) electrons. The Morgan fingerprint density at radius 2 is 2.07 bits per heavy atom. The molecule has 0 unspecified atom stereocenters. The van der Waals surface area contributed by atoms with Crippen molar-refractivity contribution in [1.82, 2.24) is 4.98 Å². The minimum atomic E-state index is -2.55. The molecule has 0 aliphatic heterocycles. The molecule has 3 N–H and O–H groups in total. The lowest BCUT2D eigenvalue weighted by Gasteiger charge is -2.08. The molecule has 0 saturated carbocycles. The fourth-order valence-corrected chi connectivity index (χ4v) is 1.89. The minimum Gasteiger partial charge on any atom is -0.361 e. The summed E-state index contributed by atoms with van der Waals surface area (Å²) >= 11 is 3.30. The lowest BCUT2D eigenvalue weighted by Crippen LogP contribution is -2.18. The molecule has 0 aliphatic carbocycles. The van der Waals surface area contributed by atoms with Gasteiger partial charge in [0, 0.05) is 21.6 Å². The van der Waals surface area contributed by atoms with Gasteiger partial charge in [-0.15, -0.1) is 0 Å². The maximum absolute atomic E-state index is 12.5. The molecule has 15 heavy (non-hydrogen) atoms. The van der Waals surface area contributed by atoms with Gasteiger partial charge < -0.3 is 10.7 Å². The van der Waals surface area contributed by atoms with Gasteiger partial charge in [0.25, 0.3) is 6.43 Å². The first-order valence-corrected chi connectivity index (χ1v) is 5.19. The molecule has 0 saturated heterocycles. The number of benzene rings is 1. The highest BCUT2D eigenvalue weighted by molar-refractivity contribution is 9.10. The number of fused-ring (bicyclic) bond motifs is 1. The van der Waals surface area contributed by atoms with Gasteiger partial charge in [0.05, 0.1) is 6.04 Å². The van der Waals surface area contributed by atoms with E-state index in [4.69, 9.17) is 5.73 Å². The van der Waals surface area contributed by atoms with Crippen LogP contribution in [0.25, 0.3) is 10.9 Å². The van der Waals surface area contributed by atoms with Crippen LogP contribution in [-0.2, 0) is 0 Å². The van der Waals surface area contributed by atoms with Crippen molar-refractivity contribution in [3.05, 3.63) is 34.4 Å². The molecule has 0 amide bonds. The van der Waals surface area contributed by atoms with Gasteiger partial charge in [-0.3, -0.25) is 0 Å². The first-order chi connectivity index (χ1) is 7.09. The highest BCUT2D eigenvalue weighted by Gasteiger charge is 2.20. The van der Waals surface area contributed by atoms with Gasteiger partial charge in [0.1, 0.15) is 0 Å². The second kappa shape index (κ2) is 3.90. The second-order valence-electron chi connectivity index (χ2n) is 3.29. The molecular weight excluding hydrogens is 266 g/mol. The number of halogens is 3. The van der Waals surface area contributed by atoms with E-state index in [1.807, 2.05) is 12.1 Å². The van der Waals surface area contributed by atoms with Crippen molar-refractivity contribution in [2.24, 2.45) is 5.73 Å². The normalized spacial score (nSPS) is 13.7.